The number of amides is 2. The van der Waals surface area contributed by atoms with Crippen molar-refractivity contribution >= 4 is 17.5 Å². The van der Waals surface area contributed by atoms with Gasteiger partial charge < -0.3 is 19.4 Å². The molecule has 1 aliphatic heterocycles. The number of hydrogen-bond donors (Lipinski definition) is 1. The van der Waals surface area contributed by atoms with Crippen molar-refractivity contribution in [3.8, 4) is 0 Å². The highest BCUT2D eigenvalue weighted by Gasteiger charge is 2.29. The smallest absolute Gasteiger partial charge is 0.272 e. The van der Waals surface area contributed by atoms with Gasteiger partial charge in [0.15, 0.2) is 0 Å². The second-order valence-corrected chi connectivity index (χ2v) is 8.39. The van der Waals surface area contributed by atoms with E-state index in [2.05, 4.69) is 10.4 Å². The number of nitrogens with one attached hydrogen (secondary N) is 1. The fraction of sp³-hybridized carbons (Fsp3) is 0.435. The molecular weight excluding hydrogens is 392 g/mol. The molecule has 8 heteroatoms. The molecule has 8 nitrogen and oxygen atoms in total. The van der Waals surface area contributed by atoms with E-state index in [1.807, 2.05) is 77.1 Å². The summed E-state index contributed by atoms with van der Waals surface area (Å²) in [6, 6.07) is 7.68. The molecule has 0 aromatic carbocycles. The number of hydrogen-bond acceptors (Lipinski definition) is 3. The molecule has 2 amide bonds. The predicted molar refractivity (Wildman–Crippen MR) is 119 cm³/mol. The molecule has 164 valence electrons. The van der Waals surface area contributed by atoms with Gasteiger partial charge in [0.2, 0.25) is 0 Å². The van der Waals surface area contributed by atoms with Crippen molar-refractivity contribution in [2.75, 3.05) is 11.9 Å². The van der Waals surface area contributed by atoms with Crippen LogP contribution in [0.15, 0.2) is 36.7 Å². The lowest BCUT2D eigenvalue weighted by Gasteiger charge is -2.35. The second kappa shape index (κ2) is 8.45. The van der Waals surface area contributed by atoms with Gasteiger partial charge in [0.05, 0.1) is 24.5 Å². The molecule has 0 aliphatic carbocycles. The molecule has 1 fully saturated rings. The molecular formula is C23H30N6O2. The fourth-order valence-electron chi connectivity index (χ4n) is 4.21. The lowest BCUT2D eigenvalue weighted by molar-refractivity contribution is 0.0574. The highest BCUT2D eigenvalue weighted by atomic mass is 16.2. The molecule has 4 heterocycles. The standard InChI is InChI=1S/C23H30N6O2/c1-16-8-10-20(26(16)3)22(30)25-18-13-24-28(14-18)15-19-7-5-6-12-29(19)23(31)21-11-9-17(2)27(21)4/h8-11,13-14,19H,5-7,12,15H2,1-4H3,(H,25,30). The SMILES string of the molecule is Cc1ccc(C(=O)Nc2cnn(CC3CCCCN3C(=O)c3ccc(C)n3C)c2)n1C. The van der Waals surface area contributed by atoms with Crippen molar-refractivity contribution in [3.63, 3.8) is 0 Å². The molecule has 1 aliphatic rings. The van der Waals surface area contributed by atoms with Crippen LogP contribution in [0.1, 0.15) is 51.6 Å². The molecule has 3 aromatic rings. The number of piperidine rings is 1. The maximum absolute atomic E-state index is 13.2. The third-order valence-corrected chi connectivity index (χ3v) is 6.37. The Balaban J connectivity index is 1.45. The molecule has 3 aromatic heterocycles. The zero-order valence-corrected chi connectivity index (χ0v) is 18.6. The van der Waals surface area contributed by atoms with E-state index in [4.69, 9.17) is 0 Å². The van der Waals surface area contributed by atoms with Crippen LogP contribution in [0.5, 0.6) is 0 Å². The lowest BCUT2D eigenvalue weighted by Crippen LogP contribution is -2.46. The fourth-order valence-corrected chi connectivity index (χ4v) is 4.21. The average Bonchev–Trinajstić information content (AvgIpc) is 3.43. The van der Waals surface area contributed by atoms with Gasteiger partial charge in [0.25, 0.3) is 11.8 Å². The first kappa shape index (κ1) is 21.0. The minimum atomic E-state index is -0.163. The minimum absolute atomic E-state index is 0.0695. The summed E-state index contributed by atoms with van der Waals surface area (Å²) in [7, 11) is 3.80. The Bertz CT molecular complexity index is 1110. The van der Waals surface area contributed by atoms with E-state index < -0.39 is 0 Å². The number of carbonyl (C=O) groups excluding carboxylic acids is 2. The molecule has 1 atom stereocenters. The van der Waals surface area contributed by atoms with E-state index in [1.54, 1.807) is 6.20 Å². The Morgan fingerprint density at radius 2 is 1.71 bits per heavy atom. The van der Waals surface area contributed by atoms with Crippen molar-refractivity contribution in [2.45, 2.75) is 45.7 Å². The van der Waals surface area contributed by atoms with Crippen LogP contribution >= 0.6 is 0 Å². The summed E-state index contributed by atoms with van der Waals surface area (Å²) in [5, 5.41) is 7.34. The quantitative estimate of drug-likeness (QED) is 0.686. The van der Waals surface area contributed by atoms with Gasteiger partial charge in [-0.25, -0.2) is 0 Å². The van der Waals surface area contributed by atoms with E-state index in [9.17, 15) is 9.59 Å². The van der Waals surface area contributed by atoms with Gasteiger partial charge in [-0.3, -0.25) is 14.3 Å². The number of carbonyl (C=O) groups is 2. The maximum atomic E-state index is 13.2. The van der Waals surface area contributed by atoms with Crippen molar-refractivity contribution in [1.29, 1.82) is 0 Å². The number of likely N-dealkylation sites (tertiary alicyclic amines) is 1. The third-order valence-electron chi connectivity index (χ3n) is 6.37. The molecule has 1 unspecified atom stereocenters. The minimum Gasteiger partial charge on any atom is -0.344 e. The van der Waals surface area contributed by atoms with E-state index in [-0.39, 0.29) is 17.9 Å². The summed E-state index contributed by atoms with van der Waals surface area (Å²) in [5.74, 6) is -0.0937. The summed E-state index contributed by atoms with van der Waals surface area (Å²) in [6.45, 7) is 5.32. The Hall–Kier alpha value is -3.29. The average molecular weight is 423 g/mol. The first-order valence-electron chi connectivity index (χ1n) is 10.7. The normalized spacial score (nSPS) is 16.5. The van der Waals surface area contributed by atoms with Gasteiger partial charge in [0.1, 0.15) is 11.4 Å². The Kier molecular flexibility index (Phi) is 5.71. The molecule has 4 rings (SSSR count). The van der Waals surface area contributed by atoms with E-state index >= 15 is 0 Å². The van der Waals surface area contributed by atoms with Crippen LogP contribution in [0.3, 0.4) is 0 Å². The van der Waals surface area contributed by atoms with Crippen LogP contribution < -0.4 is 5.32 Å². The Morgan fingerprint density at radius 3 is 2.35 bits per heavy atom. The molecule has 31 heavy (non-hydrogen) atoms. The van der Waals surface area contributed by atoms with Gasteiger partial charge >= 0.3 is 0 Å². The van der Waals surface area contributed by atoms with Crippen molar-refractivity contribution in [1.82, 2.24) is 23.8 Å². The van der Waals surface area contributed by atoms with Crippen LogP contribution in [0, 0.1) is 13.8 Å². The van der Waals surface area contributed by atoms with Crippen LogP contribution in [0.2, 0.25) is 0 Å². The topological polar surface area (TPSA) is 77.1 Å². The summed E-state index contributed by atoms with van der Waals surface area (Å²) >= 11 is 0. The van der Waals surface area contributed by atoms with Crippen LogP contribution in [-0.2, 0) is 20.6 Å². The summed E-state index contributed by atoms with van der Waals surface area (Å²) in [5.41, 5.74) is 4.06. The highest BCUT2D eigenvalue weighted by Crippen LogP contribution is 2.22. The van der Waals surface area contributed by atoms with Gasteiger partial charge in [-0.05, 0) is 57.4 Å². The zero-order chi connectivity index (χ0) is 22.1. The van der Waals surface area contributed by atoms with Gasteiger partial charge in [-0.2, -0.15) is 5.10 Å². The van der Waals surface area contributed by atoms with Crippen molar-refractivity contribution < 1.29 is 9.59 Å². The van der Waals surface area contributed by atoms with E-state index in [0.717, 1.165) is 42.9 Å². The van der Waals surface area contributed by atoms with Crippen LogP contribution in [0.25, 0.3) is 0 Å². The largest absolute Gasteiger partial charge is 0.344 e. The molecule has 1 saturated heterocycles. The lowest BCUT2D eigenvalue weighted by atomic mass is 10.0. The molecule has 0 bridgehead atoms. The third kappa shape index (κ3) is 4.15. The van der Waals surface area contributed by atoms with Crippen LogP contribution in [0.4, 0.5) is 5.69 Å². The maximum Gasteiger partial charge on any atom is 0.272 e. The monoisotopic (exact) mass is 422 g/mol. The highest BCUT2D eigenvalue weighted by molar-refractivity contribution is 6.03. The van der Waals surface area contributed by atoms with Gasteiger partial charge in [-0.1, -0.05) is 0 Å². The van der Waals surface area contributed by atoms with Crippen molar-refractivity contribution in [2.24, 2.45) is 14.1 Å². The summed E-state index contributed by atoms with van der Waals surface area (Å²) in [4.78, 5) is 27.7. The van der Waals surface area contributed by atoms with Crippen molar-refractivity contribution in [3.05, 3.63) is 59.4 Å². The number of rotatable bonds is 5. The first-order chi connectivity index (χ1) is 14.8. The Labute approximate surface area is 182 Å². The molecule has 0 saturated carbocycles. The molecule has 1 N–H and O–H groups in total. The van der Waals surface area contributed by atoms with Gasteiger partial charge in [-0.15, -0.1) is 0 Å². The number of nitrogens with zero attached hydrogens (tertiary/aromatic N) is 5. The number of aromatic nitrogens is 4. The number of aryl methyl sites for hydroxylation is 2. The molecule has 0 radical (unpaired) electrons. The summed E-state index contributed by atoms with van der Waals surface area (Å²) < 4.78 is 5.62. The summed E-state index contributed by atoms with van der Waals surface area (Å²) in [6.07, 6.45) is 6.54. The molecule has 0 spiro atoms. The second-order valence-electron chi connectivity index (χ2n) is 8.39. The van der Waals surface area contributed by atoms with E-state index in [0.29, 0.717) is 17.9 Å². The van der Waals surface area contributed by atoms with Gasteiger partial charge in [0, 0.05) is 38.2 Å². The number of anilines is 1. The van der Waals surface area contributed by atoms with Crippen LogP contribution in [-0.4, -0.2) is 48.2 Å². The zero-order valence-electron chi connectivity index (χ0n) is 18.6. The Morgan fingerprint density at radius 1 is 1.03 bits per heavy atom. The predicted octanol–water partition coefficient (Wildman–Crippen LogP) is 3.12. The first-order valence-corrected chi connectivity index (χ1v) is 10.7. The van der Waals surface area contributed by atoms with E-state index in [1.165, 1.54) is 0 Å².